The summed E-state index contributed by atoms with van der Waals surface area (Å²) >= 11 is 0. The van der Waals surface area contributed by atoms with Crippen LogP contribution in [0.3, 0.4) is 0 Å². The van der Waals surface area contributed by atoms with Crippen molar-refractivity contribution in [2.75, 3.05) is 45.9 Å². The third kappa shape index (κ3) is 41.6. The Kier molecular flexibility index (Phi) is 49.2. The second-order valence-electron chi connectivity index (χ2n) is 30.9. The van der Waals surface area contributed by atoms with Gasteiger partial charge in [-0.2, -0.15) is 0 Å². The lowest BCUT2D eigenvalue weighted by Crippen LogP contribution is -2.70. The second kappa shape index (κ2) is 56.0. The van der Waals surface area contributed by atoms with Crippen LogP contribution in [0.25, 0.3) is 0 Å². The van der Waals surface area contributed by atoms with Crippen LogP contribution in [-0.2, 0) is 92.7 Å². The normalized spacial score (nSPS) is 15.9. The summed E-state index contributed by atoms with van der Waals surface area (Å²) in [4.78, 5) is 246. The van der Waals surface area contributed by atoms with E-state index in [2.05, 4.69) is 90.8 Å². The van der Waals surface area contributed by atoms with Crippen LogP contribution in [0.2, 0.25) is 0 Å². The Morgan fingerprint density at radius 3 is 1.30 bits per heavy atom. The number of carbonyl (C=O) groups is 18. The Morgan fingerprint density at radius 1 is 0.443 bits per heavy atom. The molecular weight excluding hydrogens is 1600 g/mol. The molecule has 1 saturated heterocycles. The van der Waals surface area contributed by atoms with Crippen LogP contribution >= 0.6 is 0 Å². The average molecular weight is 1740 g/mol. The molecule has 0 aromatic heterocycles. The Hall–Kier alpha value is -10.8. The van der Waals surface area contributed by atoms with Crippen molar-refractivity contribution in [1.29, 1.82) is 0 Å². The van der Waals surface area contributed by atoms with Gasteiger partial charge in [0.1, 0.15) is 104 Å². The van der Waals surface area contributed by atoms with E-state index < -0.39 is 268 Å². The van der Waals surface area contributed by atoms with E-state index >= 15 is 0 Å². The summed E-state index contributed by atoms with van der Waals surface area (Å²) in [6.45, 7) is 9.01. The molecule has 0 saturated carbocycles. The molecule has 48 heteroatoms. The molecular formula is C74H132N27O21+. The molecule has 0 aliphatic carbocycles. The van der Waals surface area contributed by atoms with Gasteiger partial charge in [-0.15, -0.1) is 0 Å². The molecule has 1 fully saturated rings. The number of amides is 17. The van der Waals surface area contributed by atoms with Gasteiger partial charge < -0.3 is 147 Å². The van der Waals surface area contributed by atoms with E-state index in [1.54, 1.807) is 58.0 Å². The van der Waals surface area contributed by atoms with Gasteiger partial charge in [-0.05, 0) is 127 Å². The molecule has 1 aromatic carbocycles. The largest absolute Gasteiger partial charge is 0.480 e. The average Bonchev–Trinajstić information content (AvgIpc) is 1.65. The summed E-state index contributed by atoms with van der Waals surface area (Å²) in [5.41, 5.74) is 54.5. The number of rotatable bonds is 60. The fourth-order valence-corrected chi connectivity index (χ4v) is 12.5. The van der Waals surface area contributed by atoms with Gasteiger partial charge in [-0.25, -0.2) is 4.79 Å². The van der Waals surface area contributed by atoms with Crippen LogP contribution in [0.4, 0.5) is 0 Å². The lowest BCUT2D eigenvalue weighted by atomic mass is 10.0. The van der Waals surface area contributed by atoms with Gasteiger partial charge in [0.15, 0.2) is 6.04 Å². The molecule has 1 aromatic rings. The highest BCUT2D eigenvalue weighted by Crippen LogP contribution is 2.21. The highest BCUT2D eigenvalue weighted by molar-refractivity contribution is 6.01. The monoisotopic (exact) mass is 1740 g/mol. The summed E-state index contributed by atoms with van der Waals surface area (Å²) in [6.07, 6.45) is -5.76. The summed E-state index contributed by atoms with van der Waals surface area (Å²) in [7, 11) is 0. The number of nitrogens with one attached hydrogen (secondary N) is 16. The van der Waals surface area contributed by atoms with E-state index in [1.807, 2.05) is 0 Å². The fraction of sp³-hybridized carbons (Fsp3) is 0.676. The van der Waals surface area contributed by atoms with Crippen molar-refractivity contribution in [3.63, 3.8) is 0 Å². The smallest absolute Gasteiger partial charge is 0.326 e. The molecule has 0 unspecified atom stereocenters. The number of hydrogen-bond donors (Lipinski definition) is 29. The molecule has 0 bridgehead atoms. The van der Waals surface area contributed by atoms with Crippen molar-refractivity contribution in [2.24, 2.45) is 69.4 Å². The standard InChI is InChI=1S/C74H131N27O21/c1-36(2)29-47(98-68(118)52-20-14-28-101(52)70(120)39(7)89-64(114)48(30-37(3)4)96-66(116)50(32-55(78)106)97-65(115)49(95-58(108)41(75)34-102)31-40-15-9-8-10-16-40)59(109)88-33-56(107)90-42(17-11-25-85-72(79)80)60(110)91-43(18-12-26-86-73(81)82)61(111)92-44(19-13-27-87-74(83)84)63(113)100-57(38(5)6)69(119)93-45(21-23-53(76)104)62(112)99-51(35-103)67(117)94-46(71(121)122)22-24-54(77)105/h8-10,15-16,36-39,41-52,57,72-74,85-87,102-103H,11-14,17-35,75,79-84H2,1-7H3,(H2,76,104)(H2,77,105)(H2,78,106)(H,88,109)(H,89,114)(H,90,107)(H,91,110)(H,92,111)(H,93,119)(H,94,117)(H,95,108)(H,96,116)(H,97,115)(H,98,118)(H,99,112)(H,100,113)(H,121,122)/p+1/t39-,41-,42-,43-,44-,45-,46-,47-,48-,49-,50-,51-,52-,57-/m0/s1. The highest BCUT2D eigenvalue weighted by atomic mass is 16.4. The summed E-state index contributed by atoms with van der Waals surface area (Å²) < 4.78 is 0. The summed E-state index contributed by atoms with van der Waals surface area (Å²) in [6, 6.07) is -12.4. The molecule has 2 rings (SSSR count). The number of likely N-dealkylation sites (tertiary alicyclic amines) is 1. The van der Waals surface area contributed by atoms with Gasteiger partial charge in [0.25, 0.3) is 5.91 Å². The van der Waals surface area contributed by atoms with E-state index in [1.165, 1.54) is 25.7 Å². The number of carboxylic acids is 1. The number of quaternary nitrogens is 1. The first-order valence-electron chi connectivity index (χ1n) is 40.4. The predicted molar refractivity (Wildman–Crippen MR) is 438 cm³/mol. The first-order valence-corrected chi connectivity index (χ1v) is 40.4. The number of hydrogen-bond acceptors (Lipinski definition) is 29. The van der Waals surface area contributed by atoms with E-state index in [0.29, 0.717) is 12.0 Å². The number of carbonyl (C=O) groups excluding carboxylic acids is 17. The van der Waals surface area contributed by atoms with Crippen LogP contribution in [0.5, 0.6) is 0 Å². The maximum Gasteiger partial charge on any atom is 0.326 e. The van der Waals surface area contributed by atoms with Gasteiger partial charge in [0.2, 0.25) is 94.5 Å². The summed E-state index contributed by atoms with van der Waals surface area (Å²) in [5, 5.41) is 69.9. The van der Waals surface area contributed by atoms with Crippen molar-refractivity contribution in [3.8, 4) is 0 Å². The maximum atomic E-state index is 14.7. The minimum absolute atomic E-state index is 0.000585. The van der Waals surface area contributed by atoms with Gasteiger partial charge in [0, 0.05) is 25.8 Å². The van der Waals surface area contributed by atoms with Crippen LogP contribution in [0.15, 0.2) is 30.3 Å². The minimum Gasteiger partial charge on any atom is -0.480 e. The Labute approximate surface area is 706 Å². The van der Waals surface area contributed by atoms with Gasteiger partial charge >= 0.3 is 5.97 Å². The first kappa shape index (κ1) is 107. The third-order valence-corrected chi connectivity index (χ3v) is 19.0. The first-order chi connectivity index (χ1) is 57.3. The third-order valence-electron chi connectivity index (χ3n) is 19.0. The van der Waals surface area contributed by atoms with E-state index in [0.717, 1.165) is 0 Å². The second-order valence-corrected chi connectivity index (χ2v) is 30.9. The molecule has 688 valence electrons. The molecule has 17 amide bonds. The van der Waals surface area contributed by atoms with E-state index in [4.69, 9.17) is 51.6 Å². The summed E-state index contributed by atoms with van der Waals surface area (Å²) in [5.74, 6) is -19.1. The SMILES string of the molecule is CC(C)C[C@H](NC(=O)[C@H](CC(N)=O)NC(=O)[C@H](Cc1ccccc1)NC(=O)[C@@H]([NH3+])CO)C(=O)N[C@@H](C)C(=O)N1CCC[C@H]1C(=O)N[C@@H](CC(C)C)C(=O)NCC(=O)N[C@@H](CCCNC(N)N)C(=O)N[C@@H](CCCNC(N)N)C(=O)N[C@@H](CCCNC(N)N)C(=O)N[C@H](C(=O)N[C@@H](CCC(N)=O)C(=O)N[C@@H](CO)C(=O)N[C@@H](CCC(N)=O)C(=O)O)C(C)C. The topological polar surface area (TPSA) is 825 Å². The van der Waals surface area contributed by atoms with Crippen LogP contribution in [0.1, 0.15) is 150 Å². The van der Waals surface area contributed by atoms with Gasteiger partial charge in [-0.1, -0.05) is 71.9 Å². The lowest BCUT2D eigenvalue weighted by molar-refractivity contribution is -0.409. The zero-order valence-electron chi connectivity index (χ0n) is 70.2. The number of primary amides is 3. The number of aliphatic carboxylic acids is 1. The molecule has 48 nitrogen and oxygen atoms in total. The number of benzene rings is 1. The van der Waals surface area contributed by atoms with E-state index in [-0.39, 0.29) is 102 Å². The molecule has 122 heavy (non-hydrogen) atoms. The molecule has 0 radical (unpaired) electrons. The predicted octanol–water partition coefficient (Wildman–Crippen LogP) is -13.3. The molecule has 1 aliphatic rings. The molecule has 14 atom stereocenters. The zero-order chi connectivity index (χ0) is 92.2. The van der Waals surface area contributed by atoms with Crippen molar-refractivity contribution < 1.29 is 107 Å². The van der Waals surface area contributed by atoms with Crippen molar-refractivity contribution in [2.45, 2.75) is 255 Å². The Bertz CT molecular complexity index is 3640. The van der Waals surface area contributed by atoms with Crippen LogP contribution in [-0.4, -0.2) is 276 Å². The zero-order valence-corrected chi connectivity index (χ0v) is 70.2. The molecule has 0 spiro atoms. The number of carboxylic acid groups (broad SMARTS) is 1. The fourth-order valence-electron chi connectivity index (χ4n) is 12.5. The Balaban J connectivity index is 2.45. The molecule has 1 aliphatic heterocycles. The number of aliphatic hydroxyl groups excluding tert-OH is 2. The number of aliphatic hydroxyl groups is 2. The van der Waals surface area contributed by atoms with Crippen LogP contribution < -0.4 is 142 Å². The van der Waals surface area contributed by atoms with E-state index in [9.17, 15) is 102 Å². The Morgan fingerprint density at radius 2 is 0.844 bits per heavy atom. The van der Waals surface area contributed by atoms with Crippen LogP contribution in [0, 0.1) is 17.8 Å². The number of nitrogens with two attached hydrogens (primary N) is 9. The minimum atomic E-state index is -1.86. The lowest BCUT2D eigenvalue weighted by Gasteiger charge is -2.30. The highest BCUT2D eigenvalue weighted by Gasteiger charge is 2.41. The quantitative estimate of drug-likeness (QED) is 0.0213. The van der Waals surface area contributed by atoms with Gasteiger partial charge in [0.05, 0.1) is 19.6 Å². The molecule has 1 heterocycles. The number of nitrogens with zero attached hydrogens (tertiary/aromatic N) is 1. The maximum absolute atomic E-state index is 14.7. The molecule has 40 N–H and O–H groups in total. The van der Waals surface area contributed by atoms with Crippen molar-refractivity contribution >= 4 is 106 Å². The van der Waals surface area contributed by atoms with Crippen molar-refractivity contribution in [3.05, 3.63) is 35.9 Å². The van der Waals surface area contributed by atoms with Gasteiger partial charge in [-0.3, -0.25) is 97.5 Å². The van der Waals surface area contributed by atoms with Crippen molar-refractivity contribution in [1.82, 2.24) is 90.0 Å².